The molecule has 5 nitrogen and oxygen atoms in total. The summed E-state index contributed by atoms with van der Waals surface area (Å²) in [7, 11) is 0. The number of rotatable bonds is 3. The molecule has 3 rings (SSSR count). The first-order valence-corrected chi connectivity index (χ1v) is 6.56. The van der Waals surface area contributed by atoms with E-state index >= 15 is 0 Å². The number of aryl methyl sites for hydroxylation is 2. The molecule has 0 aromatic carbocycles. The van der Waals surface area contributed by atoms with Gasteiger partial charge in [0.25, 0.3) is 0 Å². The molecule has 0 saturated heterocycles. The fraction of sp³-hybridized carbons (Fsp3) is 0.250. The van der Waals surface area contributed by atoms with Crippen LogP contribution >= 0.6 is 11.3 Å². The van der Waals surface area contributed by atoms with Crippen LogP contribution in [0.15, 0.2) is 23.7 Å². The maximum Gasteiger partial charge on any atom is 0.243 e. The Morgan fingerprint density at radius 3 is 3.00 bits per heavy atom. The molecular weight excluding hydrogens is 246 g/mol. The number of nitrogens with zero attached hydrogens (tertiary/aromatic N) is 4. The van der Waals surface area contributed by atoms with Crippen LogP contribution in [0, 0.1) is 13.8 Å². The van der Waals surface area contributed by atoms with Crippen LogP contribution in [0.2, 0.25) is 0 Å². The predicted octanol–water partition coefficient (Wildman–Crippen LogP) is 2.41. The lowest BCUT2D eigenvalue weighted by atomic mass is 10.3. The minimum absolute atomic E-state index is 0.633. The molecule has 92 valence electrons. The average molecular weight is 259 g/mol. The minimum Gasteiger partial charge on any atom is -0.346 e. The standard InChI is InChI=1S/C12H13N5S/c1-8-3-4-17-10(5-8)15-12(16-17)13-6-11-14-9(2)7-18-11/h3-5,7H,6H2,1-2H3,(H,13,16). The Balaban J connectivity index is 1.78. The molecule has 0 saturated carbocycles. The first-order valence-electron chi connectivity index (χ1n) is 5.68. The van der Waals surface area contributed by atoms with Crippen molar-refractivity contribution in [2.45, 2.75) is 20.4 Å². The van der Waals surface area contributed by atoms with Crippen LogP contribution in [-0.4, -0.2) is 19.6 Å². The van der Waals surface area contributed by atoms with Crippen LogP contribution in [0.5, 0.6) is 0 Å². The van der Waals surface area contributed by atoms with Crippen molar-refractivity contribution < 1.29 is 0 Å². The summed E-state index contributed by atoms with van der Waals surface area (Å²) in [5.41, 5.74) is 3.08. The van der Waals surface area contributed by atoms with E-state index in [0.717, 1.165) is 16.3 Å². The van der Waals surface area contributed by atoms with Crippen LogP contribution in [-0.2, 0) is 6.54 Å². The van der Waals surface area contributed by atoms with Crippen molar-refractivity contribution in [2.75, 3.05) is 5.32 Å². The number of thiazole rings is 1. The van der Waals surface area contributed by atoms with Gasteiger partial charge in [-0.25, -0.2) is 9.50 Å². The van der Waals surface area contributed by atoms with Crippen LogP contribution in [0.25, 0.3) is 5.65 Å². The second-order valence-corrected chi connectivity index (χ2v) is 5.12. The zero-order valence-electron chi connectivity index (χ0n) is 10.2. The molecule has 0 unspecified atom stereocenters. The highest BCUT2D eigenvalue weighted by Crippen LogP contribution is 2.12. The van der Waals surface area contributed by atoms with Gasteiger partial charge in [-0.3, -0.25) is 0 Å². The van der Waals surface area contributed by atoms with E-state index in [9.17, 15) is 0 Å². The Hall–Kier alpha value is -1.95. The Morgan fingerprint density at radius 2 is 2.22 bits per heavy atom. The molecule has 0 bridgehead atoms. The maximum absolute atomic E-state index is 4.41. The highest BCUT2D eigenvalue weighted by Gasteiger charge is 2.04. The molecule has 0 atom stereocenters. The van der Waals surface area contributed by atoms with Gasteiger partial charge in [-0.15, -0.1) is 16.4 Å². The molecule has 3 aromatic rings. The van der Waals surface area contributed by atoms with Gasteiger partial charge in [0.05, 0.1) is 6.54 Å². The summed E-state index contributed by atoms with van der Waals surface area (Å²) < 4.78 is 1.77. The highest BCUT2D eigenvalue weighted by molar-refractivity contribution is 7.09. The van der Waals surface area contributed by atoms with Crippen molar-refractivity contribution in [1.82, 2.24) is 19.6 Å². The molecule has 0 amide bonds. The normalized spacial score (nSPS) is 11.0. The van der Waals surface area contributed by atoms with Crippen LogP contribution in [0.3, 0.4) is 0 Å². The number of aromatic nitrogens is 4. The third-order valence-electron chi connectivity index (χ3n) is 2.56. The zero-order chi connectivity index (χ0) is 12.5. The Bertz CT molecular complexity index is 685. The van der Waals surface area contributed by atoms with Crippen molar-refractivity contribution in [1.29, 1.82) is 0 Å². The summed E-state index contributed by atoms with van der Waals surface area (Å²) in [6, 6.07) is 4.02. The fourth-order valence-corrected chi connectivity index (χ4v) is 2.41. The second-order valence-electron chi connectivity index (χ2n) is 4.18. The SMILES string of the molecule is Cc1ccn2nc(NCc3nc(C)cs3)nc2c1. The molecule has 3 aromatic heterocycles. The van der Waals surface area contributed by atoms with Crippen LogP contribution in [0.1, 0.15) is 16.3 Å². The molecule has 0 spiro atoms. The van der Waals surface area contributed by atoms with Crippen molar-refractivity contribution in [3.8, 4) is 0 Å². The average Bonchev–Trinajstić information content (AvgIpc) is 2.92. The minimum atomic E-state index is 0.633. The van der Waals surface area contributed by atoms with Gasteiger partial charge in [-0.1, -0.05) is 0 Å². The Morgan fingerprint density at radius 1 is 1.33 bits per heavy atom. The summed E-state index contributed by atoms with van der Waals surface area (Å²) in [5.74, 6) is 0.633. The summed E-state index contributed by atoms with van der Waals surface area (Å²) in [4.78, 5) is 8.80. The maximum atomic E-state index is 4.41. The zero-order valence-corrected chi connectivity index (χ0v) is 11.0. The van der Waals surface area contributed by atoms with E-state index in [-0.39, 0.29) is 0 Å². The largest absolute Gasteiger partial charge is 0.346 e. The van der Waals surface area contributed by atoms with E-state index in [1.165, 1.54) is 5.56 Å². The van der Waals surface area contributed by atoms with Gasteiger partial charge < -0.3 is 5.32 Å². The van der Waals surface area contributed by atoms with Gasteiger partial charge in [0.1, 0.15) is 5.01 Å². The highest BCUT2D eigenvalue weighted by atomic mass is 32.1. The van der Waals surface area contributed by atoms with Gasteiger partial charge in [0, 0.05) is 17.3 Å². The molecule has 0 aliphatic rings. The summed E-state index contributed by atoms with van der Waals surface area (Å²) >= 11 is 1.64. The quantitative estimate of drug-likeness (QED) is 0.784. The number of fused-ring (bicyclic) bond motifs is 1. The summed E-state index contributed by atoms with van der Waals surface area (Å²) in [5, 5.41) is 10.6. The molecule has 0 fully saturated rings. The molecule has 0 aliphatic carbocycles. The van der Waals surface area contributed by atoms with E-state index in [4.69, 9.17) is 0 Å². The van der Waals surface area contributed by atoms with E-state index < -0.39 is 0 Å². The molecule has 18 heavy (non-hydrogen) atoms. The number of pyridine rings is 1. The smallest absolute Gasteiger partial charge is 0.243 e. The van der Waals surface area contributed by atoms with Crippen LogP contribution < -0.4 is 5.32 Å². The van der Waals surface area contributed by atoms with Crippen molar-refractivity contribution in [3.05, 3.63) is 40.0 Å². The molecule has 1 N–H and O–H groups in total. The third kappa shape index (κ3) is 2.19. The molecular formula is C12H13N5S. The first kappa shape index (κ1) is 11.2. The molecule has 6 heteroatoms. The van der Waals surface area contributed by atoms with Gasteiger partial charge >= 0.3 is 0 Å². The van der Waals surface area contributed by atoms with E-state index in [1.54, 1.807) is 15.9 Å². The lowest BCUT2D eigenvalue weighted by Gasteiger charge is -1.96. The Kier molecular flexibility index (Phi) is 2.71. The van der Waals surface area contributed by atoms with Crippen molar-refractivity contribution in [3.63, 3.8) is 0 Å². The van der Waals surface area contributed by atoms with E-state index in [1.807, 2.05) is 37.6 Å². The lowest BCUT2D eigenvalue weighted by Crippen LogP contribution is -2.00. The van der Waals surface area contributed by atoms with Gasteiger partial charge in [0.15, 0.2) is 5.65 Å². The number of hydrogen-bond acceptors (Lipinski definition) is 5. The van der Waals surface area contributed by atoms with Gasteiger partial charge in [0.2, 0.25) is 5.95 Å². The lowest BCUT2D eigenvalue weighted by molar-refractivity contribution is 0.944. The topological polar surface area (TPSA) is 55.1 Å². The van der Waals surface area contributed by atoms with Crippen LogP contribution in [0.4, 0.5) is 5.95 Å². The fourth-order valence-electron chi connectivity index (χ4n) is 1.70. The molecule has 3 heterocycles. The second kappa shape index (κ2) is 4.38. The first-order chi connectivity index (χ1) is 8.70. The van der Waals surface area contributed by atoms with Crippen molar-refractivity contribution in [2.24, 2.45) is 0 Å². The Labute approximate surface area is 109 Å². The van der Waals surface area contributed by atoms with E-state index in [0.29, 0.717) is 12.5 Å². The summed E-state index contributed by atoms with van der Waals surface area (Å²) in [6.45, 7) is 4.69. The number of anilines is 1. The predicted molar refractivity (Wildman–Crippen MR) is 71.9 cm³/mol. The molecule has 0 radical (unpaired) electrons. The monoisotopic (exact) mass is 259 g/mol. The van der Waals surface area contributed by atoms with Crippen molar-refractivity contribution >= 4 is 22.9 Å². The van der Waals surface area contributed by atoms with Gasteiger partial charge in [-0.05, 0) is 31.5 Å². The molecule has 0 aliphatic heterocycles. The number of nitrogens with one attached hydrogen (secondary N) is 1. The third-order valence-corrected chi connectivity index (χ3v) is 3.52. The summed E-state index contributed by atoms with van der Waals surface area (Å²) in [6.07, 6.45) is 1.91. The van der Waals surface area contributed by atoms with E-state index in [2.05, 4.69) is 20.4 Å². The van der Waals surface area contributed by atoms with Gasteiger partial charge in [-0.2, -0.15) is 4.98 Å². The number of hydrogen-bond donors (Lipinski definition) is 1.